The van der Waals surface area contributed by atoms with Gasteiger partial charge in [0.1, 0.15) is 4.92 Å². The molecule has 0 saturated carbocycles. The number of nitrogens with zero attached hydrogens (tertiary/aromatic N) is 2. The fraction of sp³-hybridized carbons (Fsp3) is 0.583. The maximum atomic E-state index is 12.2. The third-order valence-corrected chi connectivity index (χ3v) is 3.97. The van der Waals surface area contributed by atoms with Crippen molar-refractivity contribution in [3.8, 4) is 0 Å². The molecule has 1 amide bonds. The van der Waals surface area contributed by atoms with Crippen LogP contribution in [0.3, 0.4) is 0 Å². The van der Waals surface area contributed by atoms with Crippen molar-refractivity contribution in [3.05, 3.63) is 28.0 Å². The molecule has 0 bridgehead atoms. The Balaban J connectivity index is 0.00000147. The highest BCUT2D eigenvalue weighted by molar-refractivity contribution is 5.91. The van der Waals surface area contributed by atoms with E-state index in [9.17, 15) is 14.9 Å². The van der Waals surface area contributed by atoms with Gasteiger partial charge < -0.3 is 14.6 Å². The maximum Gasteiger partial charge on any atom is 0.433 e. The molecule has 0 radical (unpaired) electrons. The molecule has 0 aromatic carbocycles. The predicted octanol–water partition coefficient (Wildman–Crippen LogP) is 1.29. The van der Waals surface area contributed by atoms with Gasteiger partial charge in [-0.15, -0.1) is 12.4 Å². The third kappa shape index (κ3) is 2.64. The molecule has 2 fully saturated rings. The van der Waals surface area contributed by atoms with Crippen molar-refractivity contribution in [2.75, 3.05) is 26.2 Å². The summed E-state index contributed by atoms with van der Waals surface area (Å²) in [5.74, 6) is 0.549. The second-order valence-electron chi connectivity index (χ2n) is 5.11. The van der Waals surface area contributed by atoms with Gasteiger partial charge in [-0.1, -0.05) is 0 Å². The minimum atomic E-state index is -0.635. The molecule has 1 aromatic rings. The van der Waals surface area contributed by atoms with Gasteiger partial charge in [0.05, 0.1) is 6.07 Å². The molecule has 2 aliphatic rings. The normalized spacial score (nSPS) is 24.9. The Labute approximate surface area is 121 Å². The molecule has 1 aromatic heterocycles. The van der Waals surface area contributed by atoms with Gasteiger partial charge in [0.2, 0.25) is 0 Å². The van der Waals surface area contributed by atoms with Gasteiger partial charge >= 0.3 is 5.88 Å². The molecule has 0 spiro atoms. The van der Waals surface area contributed by atoms with Crippen LogP contribution in [0.15, 0.2) is 16.5 Å². The van der Waals surface area contributed by atoms with E-state index in [4.69, 9.17) is 4.42 Å². The highest BCUT2D eigenvalue weighted by Gasteiger charge is 2.35. The fourth-order valence-electron chi connectivity index (χ4n) is 2.92. The molecule has 2 aliphatic heterocycles. The lowest BCUT2D eigenvalue weighted by atomic mass is 9.88. The number of hydrogen-bond donors (Lipinski definition) is 1. The minimum Gasteiger partial charge on any atom is -0.395 e. The summed E-state index contributed by atoms with van der Waals surface area (Å²) < 4.78 is 4.97. The quantitative estimate of drug-likeness (QED) is 0.657. The molecule has 7 nitrogen and oxygen atoms in total. The van der Waals surface area contributed by atoms with Crippen LogP contribution in [-0.4, -0.2) is 41.9 Å². The minimum absolute atomic E-state index is 0. The van der Waals surface area contributed by atoms with Crippen LogP contribution in [0.5, 0.6) is 0 Å². The average Bonchev–Trinajstić information content (AvgIpc) is 3.06. The first-order valence-corrected chi connectivity index (χ1v) is 6.39. The third-order valence-electron chi connectivity index (χ3n) is 3.97. The van der Waals surface area contributed by atoms with Crippen molar-refractivity contribution >= 4 is 24.2 Å². The van der Waals surface area contributed by atoms with Crippen molar-refractivity contribution < 1.29 is 14.1 Å². The number of carbonyl (C=O) groups excluding carboxylic acids is 1. The van der Waals surface area contributed by atoms with Gasteiger partial charge in [0.25, 0.3) is 5.91 Å². The summed E-state index contributed by atoms with van der Waals surface area (Å²) in [6.07, 6.45) is 0.978. The van der Waals surface area contributed by atoms with Crippen LogP contribution in [-0.2, 0) is 0 Å². The van der Waals surface area contributed by atoms with E-state index in [1.165, 1.54) is 12.1 Å². The largest absolute Gasteiger partial charge is 0.433 e. The van der Waals surface area contributed by atoms with Crippen LogP contribution in [0.2, 0.25) is 0 Å². The Hall–Kier alpha value is -1.60. The van der Waals surface area contributed by atoms with E-state index in [0.29, 0.717) is 24.9 Å². The summed E-state index contributed by atoms with van der Waals surface area (Å²) in [4.78, 5) is 23.9. The molecule has 2 atom stereocenters. The number of piperidine rings is 1. The predicted molar refractivity (Wildman–Crippen MR) is 73.0 cm³/mol. The number of nitro groups is 1. The maximum absolute atomic E-state index is 12.2. The van der Waals surface area contributed by atoms with Gasteiger partial charge in [0, 0.05) is 13.1 Å². The number of hydrogen-bond acceptors (Lipinski definition) is 5. The molecule has 2 saturated heterocycles. The van der Waals surface area contributed by atoms with E-state index in [2.05, 4.69) is 5.32 Å². The van der Waals surface area contributed by atoms with E-state index in [1.807, 2.05) is 0 Å². The molecule has 110 valence electrons. The number of halogens is 1. The highest BCUT2D eigenvalue weighted by atomic mass is 35.5. The molecule has 8 heteroatoms. The molecule has 3 rings (SSSR count). The SMILES string of the molecule is Cl.O=C(c1ccc([N+](=O)[O-])o1)N1CCC2CNCC2C1. The summed E-state index contributed by atoms with van der Waals surface area (Å²) >= 11 is 0. The topological polar surface area (TPSA) is 88.6 Å². The van der Waals surface area contributed by atoms with Gasteiger partial charge in [-0.2, -0.15) is 0 Å². The second kappa shape index (κ2) is 5.80. The number of likely N-dealkylation sites (tertiary alicyclic amines) is 1. The van der Waals surface area contributed by atoms with Crippen LogP contribution in [0.1, 0.15) is 17.0 Å². The zero-order valence-corrected chi connectivity index (χ0v) is 11.6. The lowest BCUT2D eigenvalue weighted by molar-refractivity contribution is -0.402. The summed E-state index contributed by atoms with van der Waals surface area (Å²) in [6.45, 7) is 3.35. The molecule has 2 unspecified atom stereocenters. The summed E-state index contributed by atoms with van der Waals surface area (Å²) in [6, 6.07) is 2.59. The summed E-state index contributed by atoms with van der Waals surface area (Å²) in [7, 11) is 0. The van der Waals surface area contributed by atoms with Crippen LogP contribution < -0.4 is 5.32 Å². The Morgan fingerprint density at radius 1 is 1.40 bits per heavy atom. The van der Waals surface area contributed by atoms with Crippen molar-refractivity contribution in [2.24, 2.45) is 11.8 Å². The fourth-order valence-corrected chi connectivity index (χ4v) is 2.92. The van der Waals surface area contributed by atoms with E-state index >= 15 is 0 Å². The zero-order chi connectivity index (χ0) is 13.4. The second-order valence-corrected chi connectivity index (χ2v) is 5.11. The number of rotatable bonds is 2. The van der Waals surface area contributed by atoms with Crippen LogP contribution in [0.25, 0.3) is 0 Å². The lowest BCUT2D eigenvalue weighted by Crippen LogP contribution is -2.43. The van der Waals surface area contributed by atoms with E-state index in [0.717, 1.165) is 19.5 Å². The summed E-state index contributed by atoms with van der Waals surface area (Å²) in [5, 5.41) is 13.9. The Bertz CT molecular complexity index is 519. The standard InChI is InChI=1S/C12H15N3O4.ClH/c16-12(10-1-2-11(19-10)15(17)18)14-4-3-8-5-13-6-9(8)7-14;/h1-2,8-9,13H,3-7H2;1H. The highest BCUT2D eigenvalue weighted by Crippen LogP contribution is 2.28. The van der Waals surface area contributed by atoms with Gasteiger partial charge in [-0.25, -0.2) is 0 Å². The van der Waals surface area contributed by atoms with Crippen LogP contribution >= 0.6 is 12.4 Å². The number of carbonyl (C=O) groups is 1. The monoisotopic (exact) mass is 301 g/mol. The van der Waals surface area contributed by atoms with Crippen molar-refractivity contribution in [1.82, 2.24) is 10.2 Å². The molecule has 3 heterocycles. The summed E-state index contributed by atoms with van der Waals surface area (Å²) in [5.41, 5.74) is 0. The number of fused-ring (bicyclic) bond motifs is 1. The first-order valence-electron chi connectivity index (χ1n) is 6.39. The zero-order valence-electron chi connectivity index (χ0n) is 10.8. The molecule has 1 N–H and O–H groups in total. The first kappa shape index (κ1) is 14.8. The first-order chi connectivity index (χ1) is 9.15. The molecular formula is C12H16ClN3O4. The van der Waals surface area contributed by atoms with Crippen LogP contribution in [0.4, 0.5) is 5.88 Å². The van der Waals surface area contributed by atoms with Crippen LogP contribution in [0, 0.1) is 22.0 Å². The van der Waals surface area contributed by atoms with Gasteiger partial charge in [-0.05, 0) is 37.4 Å². The van der Waals surface area contributed by atoms with Gasteiger partial charge in [0.15, 0.2) is 5.76 Å². The number of nitrogens with one attached hydrogen (secondary N) is 1. The Morgan fingerprint density at radius 3 is 2.85 bits per heavy atom. The van der Waals surface area contributed by atoms with E-state index < -0.39 is 4.92 Å². The molecule has 0 aliphatic carbocycles. The Morgan fingerprint density at radius 2 is 2.15 bits per heavy atom. The lowest BCUT2D eigenvalue weighted by Gasteiger charge is -2.33. The molecule has 20 heavy (non-hydrogen) atoms. The van der Waals surface area contributed by atoms with Crippen molar-refractivity contribution in [3.63, 3.8) is 0 Å². The number of amides is 1. The van der Waals surface area contributed by atoms with E-state index in [-0.39, 0.29) is 30.0 Å². The molecular weight excluding hydrogens is 286 g/mol. The van der Waals surface area contributed by atoms with Crippen molar-refractivity contribution in [2.45, 2.75) is 6.42 Å². The van der Waals surface area contributed by atoms with Gasteiger partial charge in [-0.3, -0.25) is 14.9 Å². The average molecular weight is 302 g/mol. The van der Waals surface area contributed by atoms with E-state index in [1.54, 1.807) is 4.90 Å². The Kier molecular flexibility index (Phi) is 4.29. The number of furan rings is 1. The van der Waals surface area contributed by atoms with Crippen molar-refractivity contribution in [1.29, 1.82) is 0 Å². The smallest absolute Gasteiger partial charge is 0.395 e.